The van der Waals surface area contributed by atoms with Crippen molar-refractivity contribution in [3.05, 3.63) is 35.9 Å². The lowest BCUT2D eigenvalue weighted by molar-refractivity contribution is 0.0697. The Kier molecular flexibility index (Phi) is 6.09. The van der Waals surface area contributed by atoms with Crippen molar-refractivity contribution in [2.75, 3.05) is 19.0 Å². The average molecular weight is 278 g/mol. The van der Waals surface area contributed by atoms with Gasteiger partial charge in [0.2, 0.25) is 0 Å². The van der Waals surface area contributed by atoms with Gasteiger partial charge >= 0.3 is 12.0 Å². The van der Waals surface area contributed by atoms with Gasteiger partial charge in [-0.05, 0) is 31.5 Å². The van der Waals surface area contributed by atoms with Crippen molar-refractivity contribution in [2.24, 2.45) is 0 Å². The molecule has 0 aliphatic rings. The summed E-state index contributed by atoms with van der Waals surface area (Å²) in [6.45, 7) is 2.38. The number of anilines is 1. The van der Waals surface area contributed by atoms with Crippen LogP contribution in [0.25, 0.3) is 0 Å². The number of urea groups is 1. The van der Waals surface area contributed by atoms with Crippen LogP contribution >= 0.6 is 0 Å². The van der Waals surface area contributed by atoms with E-state index in [0.29, 0.717) is 12.3 Å². The average Bonchev–Trinajstić information content (AvgIpc) is 2.43. The van der Waals surface area contributed by atoms with Gasteiger partial charge in [0.1, 0.15) is 5.75 Å². The highest BCUT2D eigenvalue weighted by atomic mass is 16.5. The van der Waals surface area contributed by atoms with E-state index in [2.05, 4.69) is 10.6 Å². The van der Waals surface area contributed by atoms with Crippen LogP contribution in [0.2, 0.25) is 0 Å². The fraction of sp³-hybridized carbons (Fsp3) is 0.286. The van der Waals surface area contributed by atoms with Crippen LogP contribution in [0.3, 0.4) is 0 Å². The zero-order valence-electron chi connectivity index (χ0n) is 11.5. The Morgan fingerprint density at radius 3 is 2.75 bits per heavy atom. The van der Waals surface area contributed by atoms with E-state index in [1.165, 1.54) is 19.2 Å². The predicted molar refractivity (Wildman–Crippen MR) is 76.4 cm³/mol. The van der Waals surface area contributed by atoms with Crippen molar-refractivity contribution < 1.29 is 19.4 Å². The minimum atomic E-state index is -1.13. The lowest BCUT2D eigenvalue weighted by atomic mass is 10.1. The summed E-state index contributed by atoms with van der Waals surface area (Å²) in [6.07, 6.45) is 4.54. The maximum absolute atomic E-state index is 11.6. The second-order valence-electron chi connectivity index (χ2n) is 3.96. The molecule has 0 aliphatic heterocycles. The molecule has 0 bridgehead atoms. The Balaban J connectivity index is 2.71. The molecule has 0 saturated carbocycles. The number of aromatic carboxylic acids is 1. The van der Waals surface area contributed by atoms with E-state index in [0.717, 1.165) is 6.42 Å². The molecule has 0 aliphatic carbocycles. The highest BCUT2D eigenvalue weighted by Gasteiger charge is 2.13. The largest absolute Gasteiger partial charge is 0.497 e. The third-order valence-corrected chi connectivity index (χ3v) is 2.54. The standard InChI is InChI=1S/C14H18N2O4/c1-3-4-5-8-15-14(19)16-12-7-6-10(20-2)9-11(12)13(17)18/h3-4,6-7,9H,5,8H2,1-2H3,(H,17,18)(H2,15,16,19)/b4-3+. The van der Waals surface area contributed by atoms with Gasteiger partial charge in [0.15, 0.2) is 0 Å². The Morgan fingerprint density at radius 2 is 2.15 bits per heavy atom. The first-order chi connectivity index (χ1) is 9.58. The number of hydrogen-bond donors (Lipinski definition) is 3. The molecule has 2 amide bonds. The quantitative estimate of drug-likeness (QED) is 0.551. The number of carbonyl (C=O) groups is 2. The van der Waals surface area contributed by atoms with Gasteiger partial charge in [-0.2, -0.15) is 0 Å². The first kappa shape index (κ1) is 15.6. The summed E-state index contributed by atoms with van der Waals surface area (Å²) in [7, 11) is 1.45. The van der Waals surface area contributed by atoms with Gasteiger partial charge in [-0.25, -0.2) is 9.59 Å². The summed E-state index contributed by atoms with van der Waals surface area (Å²) in [5.41, 5.74) is 0.204. The Labute approximate surface area is 117 Å². The number of nitrogens with one attached hydrogen (secondary N) is 2. The Hall–Kier alpha value is -2.50. The molecule has 0 heterocycles. The summed E-state index contributed by atoms with van der Waals surface area (Å²) < 4.78 is 4.96. The zero-order chi connectivity index (χ0) is 15.0. The molecule has 0 unspecified atom stereocenters. The van der Waals surface area contributed by atoms with Gasteiger partial charge in [-0.3, -0.25) is 0 Å². The molecule has 20 heavy (non-hydrogen) atoms. The first-order valence-corrected chi connectivity index (χ1v) is 6.15. The number of methoxy groups -OCH3 is 1. The molecule has 0 saturated heterocycles. The van der Waals surface area contributed by atoms with Gasteiger partial charge in [-0.15, -0.1) is 0 Å². The fourth-order valence-electron chi connectivity index (χ4n) is 1.54. The molecular weight excluding hydrogens is 260 g/mol. The highest BCUT2D eigenvalue weighted by molar-refractivity contribution is 6.00. The fourth-order valence-corrected chi connectivity index (χ4v) is 1.54. The molecule has 6 heteroatoms. The minimum Gasteiger partial charge on any atom is -0.497 e. The molecule has 1 aromatic carbocycles. The molecule has 6 nitrogen and oxygen atoms in total. The van der Waals surface area contributed by atoms with E-state index in [-0.39, 0.29) is 11.3 Å². The summed E-state index contributed by atoms with van der Waals surface area (Å²) in [6, 6.07) is 4.00. The van der Waals surface area contributed by atoms with Crippen LogP contribution in [0.5, 0.6) is 5.75 Å². The number of allylic oxidation sites excluding steroid dienone is 1. The molecule has 108 valence electrons. The van der Waals surface area contributed by atoms with Crippen molar-refractivity contribution in [3.8, 4) is 5.75 Å². The normalized spacial score (nSPS) is 10.3. The van der Waals surface area contributed by atoms with Crippen LogP contribution in [0.4, 0.5) is 10.5 Å². The second-order valence-corrected chi connectivity index (χ2v) is 3.96. The zero-order valence-corrected chi connectivity index (χ0v) is 11.5. The van der Waals surface area contributed by atoms with Gasteiger partial charge in [-0.1, -0.05) is 12.2 Å². The summed E-state index contributed by atoms with van der Waals surface area (Å²) in [5, 5.41) is 14.3. The second kappa shape index (κ2) is 7.83. The van der Waals surface area contributed by atoms with Crippen LogP contribution in [0.1, 0.15) is 23.7 Å². The van der Waals surface area contributed by atoms with Gasteiger partial charge < -0.3 is 20.5 Å². The van der Waals surface area contributed by atoms with Crippen LogP contribution in [0.15, 0.2) is 30.4 Å². The molecule has 0 fully saturated rings. The van der Waals surface area contributed by atoms with Crippen molar-refractivity contribution in [2.45, 2.75) is 13.3 Å². The number of amides is 2. The highest BCUT2D eigenvalue weighted by Crippen LogP contribution is 2.22. The molecule has 0 spiro atoms. The van der Waals surface area contributed by atoms with Gasteiger partial charge in [0.25, 0.3) is 0 Å². The van der Waals surface area contributed by atoms with Crippen molar-refractivity contribution in [3.63, 3.8) is 0 Å². The van der Waals surface area contributed by atoms with Gasteiger partial charge in [0, 0.05) is 6.54 Å². The number of carbonyl (C=O) groups excluding carboxylic acids is 1. The molecule has 3 N–H and O–H groups in total. The third kappa shape index (κ3) is 4.64. The molecule has 0 aromatic heterocycles. The third-order valence-electron chi connectivity index (χ3n) is 2.54. The maximum atomic E-state index is 11.6. The number of rotatable bonds is 6. The number of hydrogen-bond acceptors (Lipinski definition) is 3. The molecule has 0 atom stereocenters. The van der Waals surface area contributed by atoms with Crippen LogP contribution in [-0.2, 0) is 0 Å². The first-order valence-electron chi connectivity index (χ1n) is 6.15. The number of benzene rings is 1. The van der Waals surface area contributed by atoms with Crippen LogP contribution in [0, 0.1) is 0 Å². The number of carboxylic acids is 1. The van der Waals surface area contributed by atoms with Crippen molar-refractivity contribution in [1.82, 2.24) is 5.32 Å². The maximum Gasteiger partial charge on any atom is 0.337 e. The van der Waals surface area contributed by atoms with Crippen LogP contribution < -0.4 is 15.4 Å². The number of carboxylic acid groups (broad SMARTS) is 1. The molecule has 1 aromatic rings. The lowest BCUT2D eigenvalue weighted by Gasteiger charge is -2.10. The smallest absolute Gasteiger partial charge is 0.337 e. The SMILES string of the molecule is C/C=C/CCNC(=O)Nc1ccc(OC)cc1C(=O)O. The summed E-state index contributed by atoms with van der Waals surface area (Å²) >= 11 is 0. The Morgan fingerprint density at radius 1 is 1.40 bits per heavy atom. The number of ether oxygens (including phenoxy) is 1. The van der Waals surface area contributed by atoms with E-state index in [1.54, 1.807) is 6.07 Å². The van der Waals surface area contributed by atoms with Crippen molar-refractivity contribution in [1.29, 1.82) is 0 Å². The van der Waals surface area contributed by atoms with E-state index >= 15 is 0 Å². The summed E-state index contributed by atoms with van der Waals surface area (Å²) in [5.74, 6) is -0.713. The summed E-state index contributed by atoms with van der Waals surface area (Å²) in [4.78, 5) is 22.8. The van der Waals surface area contributed by atoms with Gasteiger partial charge in [0.05, 0.1) is 18.4 Å². The van der Waals surface area contributed by atoms with E-state index in [4.69, 9.17) is 9.84 Å². The topological polar surface area (TPSA) is 87.7 Å². The Bertz CT molecular complexity index is 512. The molecule has 0 radical (unpaired) electrons. The van der Waals surface area contributed by atoms with Crippen molar-refractivity contribution >= 4 is 17.7 Å². The van der Waals surface area contributed by atoms with E-state index < -0.39 is 12.0 Å². The van der Waals surface area contributed by atoms with E-state index in [1.807, 2.05) is 19.1 Å². The molecule has 1 rings (SSSR count). The van der Waals surface area contributed by atoms with Crippen LogP contribution in [-0.4, -0.2) is 30.8 Å². The predicted octanol–water partition coefficient (Wildman–Crippen LogP) is 2.48. The monoisotopic (exact) mass is 278 g/mol. The van der Waals surface area contributed by atoms with E-state index in [9.17, 15) is 9.59 Å². The lowest BCUT2D eigenvalue weighted by Crippen LogP contribution is -2.30. The molecular formula is C14H18N2O4. The minimum absolute atomic E-state index is 0.0204.